The van der Waals surface area contributed by atoms with Gasteiger partial charge in [-0.05, 0) is 37.0 Å². The van der Waals surface area contributed by atoms with Crippen LogP contribution in [0.25, 0.3) is 0 Å². The second-order valence-electron chi connectivity index (χ2n) is 6.26. The van der Waals surface area contributed by atoms with Crippen LogP contribution in [0.3, 0.4) is 0 Å². The van der Waals surface area contributed by atoms with Gasteiger partial charge in [0.05, 0.1) is 5.75 Å². The second-order valence-corrected chi connectivity index (χ2v) is 7.62. The average molecular weight is 380 g/mol. The Balaban J connectivity index is 1.38. The molecule has 7 heteroatoms. The summed E-state index contributed by atoms with van der Waals surface area (Å²) >= 11 is 7.24. The molecule has 1 aliphatic rings. The molecular weight excluding hydrogens is 358 g/mol. The standard InChI is InChI=1S/C18H22ClN3O2S/c19-15-8-4-5-13(11-15)9-10-20-16(23)12-25-18-22-21-17(24-18)14-6-2-1-3-7-14/h4-5,8,11,14H,1-3,6-7,9-10,12H2,(H,20,23). The van der Waals surface area contributed by atoms with E-state index < -0.39 is 0 Å². The van der Waals surface area contributed by atoms with Crippen molar-refractivity contribution in [2.45, 2.75) is 49.7 Å². The number of thioether (sulfide) groups is 1. The number of hydrogen-bond donors (Lipinski definition) is 1. The van der Waals surface area contributed by atoms with Gasteiger partial charge >= 0.3 is 0 Å². The van der Waals surface area contributed by atoms with Gasteiger partial charge in [-0.2, -0.15) is 0 Å². The number of hydrogen-bond acceptors (Lipinski definition) is 5. The molecule has 1 fully saturated rings. The van der Waals surface area contributed by atoms with E-state index in [1.165, 1.54) is 31.0 Å². The summed E-state index contributed by atoms with van der Waals surface area (Å²) < 4.78 is 5.71. The number of nitrogens with zero attached hydrogens (tertiary/aromatic N) is 2. The molecule has 0 spiro atoms. The fourth-order valence-corrected chi connectivity index (χ4v) is 3.82. The van der Waals surface area contributed by atoms with Gasteiger partial charge in [0, 0.05) is 17.5 Å². The van der Waals surface area contributed by atoms with Crippen molar-refractivity contribution in [1.29, 1.82) is 0 Å². The first-order valence-corrected chi connectivity index (χ1v) is 10.0. The van der Waals surface area contributed by atoms with E-state index in [0.29, 0.717) is 22.7 Å². The highest BCUT2D eigenvalue weighted by atomic mass is 35.5. The van der Waals surface area contributed by atoms with Crippen molar-refractivity contribution in [1.82, 2.24) is 15.5 Å². The Morgan fingerprint density at radius 3 is 2.92 bits per heavy atom. The van der Waals surface area contributed by atoms with Crippen molar-refractivity contribution in [2.24, 2.45) is 0 Å². The number of benzene rings is 1. The number of rotatable bonds is 7. The number of halogens is 1. The van der Waals surface area contributed by atoms with Gasteiger partial charge in [-0.25, -0.2) is 0 Å². The molecule has 1 aliphatic carbocycles. The van der Waals surface area contributed by atoms with E-state index in [1.807, 2.05) is 24.3 Å². The lowest BCUT2D eigenvalue weighted by Gasteiger charge is -2.17. The summed E-state index contributed by atoms with van der Waals surface area (Å²) in [6, 6.07) is 7.66. The Hall–Kier alpha value is -1.53. The lowest BCUT2D eigenvalue weighted by molar-refractivity contribution is -0.118. The van der Waals surface area contributed by atoms with E-state index in [4.69, 9.17) is 16.0 Å². The minimum atomic E-state index is -0.0376. The molecule has 1 aromatic carbocycles. The predicted molar refractivity (Wildman–Crippen MR) is 99.0 cm³/mol. The Morgan fingerprint density at radius 1 is 1.28 bits per heavy atom. The third kappa shape index (κ3) is 5.75. The Kier molecular flexibility index (Phi) is 6.76. The molecule has 1 amide bonds. The number of amides is 1. The zero-order chi connectivity index (χ0) is 17.5. The normalized spacial score (nSPS) is 15.2. The van der Waals surface area contributed by atoms with Gasteiger partial charge in [0.25, 0.3) is 5.22 Å². The van der Waals surface area contributed by atoms with Gasteiger partial charge in [0.1, 0.15) is 0 Å². The molecule has 0 atom stereocenters. The highest BCUT2D eigenvalue weighted by Gasteiger charge is 2.21. The minimum Gasteiger partial charge on any atom is -0.416 e. The molecule has 0 unspecified atom stereocenters. The molecule has 5 nitrogen and oxygen atoms in total. The Bertz CT molecular complexity index is 701. The molecule has 1 aromatic heterocycles. The van der Waals surface area contributed by atoms with Crippen molar-refractivity contribution in [2.75, 3.05) is 12.3 Å². The molecule has 25 heavy (non-hydrogen) atoms. The van der Waals surface area contributed by atoms with E-state index in [-0.39, 0.29) is 11.7 Å². The molecular formula is C18H22ClN3O2S. The van der Waals surface area contributed by atoms with Crippen LogP contribution in [-0.4, -0.2) is 28.4 Å². The second kappa shape index (κ2) is 9.25. The monoisotopic (exact) mass is 379 g/mol. The molecule has 0 aliphatic heterocycles. The summed E-state index contributed by atoms with van der Waals surface area (Å²) in [6.45, 7) is 0.580. The van der Waals surface area contributed by atoms with Crippen LogP contribution in [0.5, 0.6) is 0 Å². The third-order valence-electron chi connectivity index (χ3n) is 4.33. The van der Waals surface area contributed by atoms with Crippen LogP contribution in [0.4, 0.5) is 0 Å². The average Bonchev–Trinajstić information content (AvgIpc) is 3.10. The Morgan fingerprint density at radius 2 is 2.12 bits per heavy atom. The van der Waals surface area contributed by atoms with Gasteiger partial charge in [0.2, 0.25) is 11.8 Å². The zero-order valence-electron chi connectivity index (χ0n) is 14.0. The lowest BCUT2D eigenvalue weighted by atomic mass is 9.89. The third-order valence-corrected chi connectivity index (χ3v) is 5.38. The maximum absolute atomic E-state index is 11.9. The summed E-state index contributed by atoms with van der Waals surface area (Å²) in [5.41, 5.74) is 1.11. The first-order chi connectivity index (χ1) is 12.2. The van der Waals surface area contributed by atoms with Gasteiger partial charge in [-0.15, -0.1) is 10.2 Å². The molecule has 1 saturated carbocycles. The number of aromatic nitrogens is 2. The SMILES string of the molecule is O=C(CSc1nnc(C2CCCCC2)o1)NCCc1cccc(Cl)c1. The number of carbonyl (C=O) groups is 1. The van der Waals surface area contributed by atoms with Crippen LogP contribution in [0.2, 0.25) is 5.02 Å². The highest BCUT2D eigenvalue weighted by Crippen LogP contribution is 2.32. The summed E-state index contributed by atoms with van der Waals surface area (Å²) in [5.74, 6) is 1.36. The first kappa shape index (κ1) is 18.3. The first-order valence-electron chi connectivity index (χ1n) is 8.68. The summed E-state index contributed by atoms with van der Waals surface area (Å²) in [6.07, 6.45) is 6.74. The summed E-state index contributed by atoms with van der Waals surface area (Å²) in [5, 5.41) is 12.3. The fraction of sp³-hybridized carbons (Fsp3) is 0.500. The van der Waals surface area contributed by atoms with Crippen LogP contribution in [0.1, 0.15) is 49.5 Å². The molecule has 134 valence electrons. The van der Waals surface area contributed by atoms with Crippen molar-refractivity contribution >= 4 is 29.3 Å². The topological polar surface area (TPSA) is 68.0 Å². The molecule has 1 heterocycles. The fourth-order valence-electron chi connectivity index (χ4n) is 3.01. The van der Waals surface area contributed by atoms with Gasteiger partial charge in [-0.3, -0.25) is 4.79 Å². The Labute approximate surface area is 156 Å². The highest BCUT2D eigenvalue weighted by molar-refractivity contribution is 7.99. The molecule has 3 rings (SSSR count). The van der Waals surface area contributed by atoms with Crippen LogP contribution < -0.4 is 5.32 Å². The number of nitrogens with one attached hydrogen (secondary N) is 1. The smallest absolute Gasteiger partial charge is 0.277 e. The van der Waals surface area contributed by atoms with E-state index in [1.54, 1.807) is 0 Å². The molecule has 0 saturated heterocycles. The van der Waals surface area contributed by atoms with E-state index in [9.17, 15) is 4.79 Å². The predicted octanol–water partition coefficient (Wildman–Crippen LogP) is 4.22. The van der Waals surface area contributed by atoms with Crippen LogP contribution in [-0.2, 0) is 11.2 Å². The zero-order valence-corrected chi connectivity index (χ0v) is 15.6. The summed E-state index contributed by atoms with van der Waals surface area (Å²) in [4.78, 5) is 11.9. The van der Waals surface area contributed by atoms with Gasteiger partial charge in [0.15, 0.2) is 0 Å². The van der Waals surface area contributed by atoms with Gasteiger partial charge < -0.3 is 9.73 Å². The van der Waals surface area contributed by atoms with Gasteiger partial charge in [-0.1, -0.05) is 54.8 Å². The maximum Gasteiger partial charge on any atom is 0.277 e. The van der Waals surface area contributed by atoms with Crippen molar-refractivity contribution in [3.63, 3.8) is 0 Å². The molecule has 1 N–H and O–H groups in total. The van der Waals surface area contributed by atoms with E-state index in [2.05, 4.69) is 15.5 Å². The largest absolute Gasteiger partial charge is 0.416 e. The molecule has 0 bridgehead atoms. The lowest BCUT2D eigenvalue weighted by Crippen LogP contribution is -2.27. The van der Waals surface area contributed by atoms with Crippen LogP contribution in [0, 0.1) is 0 Å². The maximum atomic E-state index is 11.9. The van der Waals surface area contributed by atoms with Crippen molar-refractivity contribution < 1.29 is 9.21 Å². The van der Waals surface area contributed by atoms with Crippen molar-refractivity contribution in [3.05, 3.63) is 40.7 Å². The molecule has 2 aromatic rings. The number of carbonyl (C=O) groups excluding carboxylic acids is 1. The summed E-state index contributed by atoms with van der Waals surface area (Å²) in [7, 11) is 0. The minimum absolute atomic E-state index is 0.0376. The molecule has 0 radical (unpaired) electrons. The van der Waals surface area contributed by atoms with Crippen LogP contribution in [0.15, 0.2) is 33.9 Å². The van der Waals surface area contributed by atoms with E-state index in [0.717, 1.165) is 30.7 Å². The van der Waals surface area contributed by atoms with E-state index >= 15 is 0 Å². The van der Waals surface area contributed by atoms with Crippen molar-refractivity contribution in [3.8, 4) is 0 Å². The van der Waals surface area contributed by atoms with Crippen LogP contribution >= 0.6 is 23.4 Å². The quantitative estimate of drug-likeness (QED) is 0.729.